The van der Waals surface area contributed by atoms with Crippen molar-refractivity contribution in [2.45, 2.75) is 0 Å². The summed E-state index contributed by atoms with van der Waals surface area (Å²) in [7, 11) is 1.57. The van der Waals surface area contributed by atoms with Crippen molar-refractivity contribution in [3.63, 3.8) is 0 Å². The van der Waals surface area contributed by atoms with E-state index in [4.69, 9.17) is 9.15 Å². The average Bonchev–Trinajstić information content (AvgIpc) is 2.67. The first-order valence-electron chi connectivity index (χ1n) is 3.94. The third kappa shape index (κ3) is 1.40. The Hall–Kier alpha value is -1.77. The third-order valence-electron chi connectivity index (χ3n) is 1.76. The van der Waals surface area contributed by atoms with Gasteiger partial charge in [0.05, 0.1) is 7.11 Å². The number of hydrogen-bond donors (Lipinski definition) is 0. The molecule has 0 atom stereocenters. The van der Waals surface area contributed by atoms with E-state index in [2.05, 4.69) is 4.98 Å². The quantitative estimate of drug-likeness (QED) is 0.702. The van der Waals surface area contributed by atoms with Crippen molar-refractivity contribution in [2.75, 3.05) is 7.11 Å². The highest BCUT2D eigenvalue weighted by Crippen LogP contribution is 2.27. The Kier molecular flexibility index (Phi) is 2.00. The molecule has 0 saturated carbocycles. The third-order valence-corrected chi connectivity index (χ3v) is 1.76. The lowest BCUT2D eigenvalue weighted by molar-refractivity contribution is 0.398. The number of oxazole rings is 1. The van der Waals surface area contributed by atoms with Crippen LogP contribution in [0.2, 0.25) is 0 Å². The molecule has 66 valence electrons. The highest BCUT2D eigenvalue weighted by Gasteiger charge is 2.09. The Morgan fingerprint density at radius 2 is 2.00 bits per heavy atom. The zero-order valence-corrected chi connectivity index (χ0v) is 7.23. The lowest BCUT2D eigenvalue weighted by atomic mass is 10.2. The first-order valence-corrected chi connectivity index (χ1v) is 3.94. The minimum Gasteiger partial charge on any atom is -0.478 e. The molecule has 13 heavy (non-hydrogen) atoms. The summed E-state index contributed by atoms with van der Waals surface area (Å²) in [5.74, 6) is 1.19. The van der Waals surface area contributed by atoms with Crippen LogP contribution >= 0.6 is 0 Å². The second-order valence-corrected chi connectivity index (χ2v) is 2.56. The van der Waals surface area contributed by atoms with Crippen molar-refractivity contribution in [3.05, 3.63) is 36.7 Å². The average molecular weight is 175 g/mol. The molecule has 0 aliphatic carbocycles. The number of aromatic nitrogens is 1. The van der Waals surface area contributed by atoms with E-state index in [9.17, 15) is 0 Å². The van der Waals surface area contributed by atoms with Gasteiger partial charge in [-0.05, 0) is 0 Å². The summed E-state index contributed by atoms with van der Waals surface area (Å²) >= 11 is 0. The molecule has 1 heterocycles. The zero-order valence-electron chi connectivity index (χ0n) is 7.23. The van der Waals surface area contributed by atoms with Gasteiger partial charge in [0.1, 0.15) is 0 Å². The van der Waals surface area contributed by atoms with E-state index in [-0.39, 0.29) is 0 Å². The van der Waals surface area contributed by atoms with Gasteiger partial charge in [-0.1, -0.05) is 30.3 Å². The van der Waals surface area contributed by atoms with Gasteiger partial charge >= 0.3 is 0 Å². The van der Waals surface area contributed by atoms with Crippen LogP contribution in [0.5, 0.6) is 5.88 Å². The summed E-state index contributed by atoms with van der Waals surface area (Å²) in [4.78, 5) is 3.92. The molecular weight excluding hydrogens is 166 g/mol. The topological polar surface area (TPSA) is 35.3 Å². The van der Waals surface area contributed by atoms with Crippen LogP contribution in [0, 0.1) is 0 Å². The van der Waals surface area contributed by atoms with Crippen LogP contribution < -0.4 is 4.74 Å². The summed E-state index contributed by atoms with van der Waals surface area (Å²) in [5, 5.41) is 0. The molecular formula is C10H9NO2. The normalized spacial score (nSPS) is 9.92. The minimum atomic E-state index is 0.520. The molecule has 0 aliphatic heterocycles. The van der Waals surface area contributed by atoms with Gasteiger partial charge in [-0.25, -0.2) is 0 Å². The molecule has 0 fully saturated rings. The van der Waals surface area contributed by atoms with E-state index in [1.165, 1.54) is 6.39 Å². The number of benzene rings is 1. The van der Waals surface area contributed by atoms with Gasteiger partial charge in [0.2, 0.25) is 0 Å². The van der Waals surface area contributed by atoms with Crippen LogP contribution in [0.3, 0.4) is 0 Å². The Labute approximate surface area is 76.0 Å². The highest BCUT2D eigenvalue weighted by molar-refractivity contribution is 5.61. The Balaban J connectivity index is 2.47. The predicted molar refractivity (Wildman–Crippen MR) is 48.5 cm³/mol. The van der Waals surface area contributed by atoms with Gasteiger partial charge in [-0.15, -0.1) is 0 Å². The molecule has 0 unspecified atom stereocenters. The van der Waals surface area contributed by atoms with Crippen molar-refractivity contribution in [1.82, 2.24) is 4.98 Å². The molecule has 1 aromatic heterocycles. The van der Waals surface area contributed by atoms with Crippen molar-refractivity contribution >= 4 is 0 Å². The Morgan fingerprint density at radius 1 is 1.23 bits per heavy atom. The second-order valence-electron chi connectivity index (χ2n) is 2.56. The van der Waals surface area contributed by atoms with Crippen LogP contribution in [-0.4, -0.2) is 12.1 Å². The summed E-state index contributed by atoms with van der Waals surface area (Å²) in [6, 6.07) is 9.73. The largest absolute Gasteiger partial charge is 0.478 e. The molecule has 3 heteroatoms. The summed E-state index contributed by atoms with van der Waals surface area (Å²) in [6.07, 6.45) is 1.38. The van der Waals surface area contributed by atoms with Crippen molar-refractivity contribution in [3.8, 4) is 17.2 Å². The summed E-state index contributed by atoms with van der Waals surface area (Å²) in [5.41, 5.74) is 0.969. The highest BCUT2D eigenvalue weighted by atomic mass is 16.5. The maximum Gasteiger partial charge on any atom is 0.260 e. The van der Waals surface area contributed by atoms with E-state index in [1.807, 2.05) is 30.3 Å². The molecule has 0 spiro atoms. The van der Waals surface area contributed by atoms with Crippen LogP contribution in [-0.2, 0) is 0 Å². The van der Waals surface area contributed by atoms with Gasteiger partial charge in [-0.2, -0.15) is 4.98 Å². The van der Waals surface area contributed by atoms with Gasteiger partial charge in [0.15, 0.2) is 12.2 Å². The molecule has 0 N–H and O–H groups in total. The minimum absolute atomic E-state index is 0.520. The summed E-state index contributed by atoms with van der Waals surface area (Å²) < 4.78 is 10.2. The van der Waals surface area contributed by atoms with Crippen LogP contribution in [0.4, 0.5) is 0 Å². The smallest absolute Gasteiger partial charge is 0.260 e. The molecule has 2 rings (SSSR count). The zero-order chi connectivity index (χ0) is 9.10. The molecule has 2 aromatic rings. The number of ether oxygens (including phenoxy) is 1. The van der Waals surface area contributed by atoms with Crippen LogP contribution in [0.1, 0.15) is 0 Å². The lowest BCUT2D eigenvalue weighted by Gasteiger charge is -1.97. The molecule has 0 radical (unpaired) electrons. The first-order chi connectivity index (χ1) is 6.42. The Morgan fingerprint density at radius 3 is 2.69 bits per heavy atom. The number of hydrogen-bond acceptors (Lipinski definition) is 3. The van der Waals surface area contributed by atoms with E-state index < -0.39 is 0 Å². The molecule has 0 amide bonds. The van der Waals surface area contributed by atoms with Gasteiger partial charge in [0.25, 0.3) is 5.88 Å². The Bertz CT molecular complexity index is 381. The van der Waals surface area contributed by atoms with Crippen molar-refractivity contribution < 1.29 is 9.15 Å². The lowest BCUT2D eigenvalue weighted by Crippen LogP contribution is -1.84. The number of nitrogens with zero attached hydrogens (tertiary/aromatic N) is 1. The fourth-order valence-electron chi connectivity index (χ4n) is 1.16. The van der Waals surface area contributed by atoms with Crippen LogP contribution in [0.25, 0.3) is 11.3 Å². The van der Waals surface area contributed by atoms with Gasteiger partial charge < -0.3 is 9.15 Å². The fraction of sp³-hybridized carbons (Fsp3) is 0.100. The molecule has 0 bridgehead atoms. The van der Waals surface area contributed by atoms with E-state index in [0.717, 1.165) is 5.56 Å². The maximum atomic E-state index is 5.21. The molecule has 0 saturated heterocycles. The SMILES string of the molecule is COc1ncoc1-c1ccccc1. The van der Waals surface area contributed by atoms with E-state index >= 15 is 0 Å². The molecule has 0 aliphatic rings. The maximum absolute atomic E-state index is 5.21. The molecule has 1 aromatic carbocycles. The van der Waals surface area contributed by atoms with Crippen molar-refractivity contribution in [2.24, 2.45) is 0 Å². The second kappa shape index (κ2) is 3.31. The fourth-order valence-corrected chi connectivity index (χ4v) is 1.16. The monoisotopic (exact) mass is 175 g/mol. The number of methoxy groups -OCH3 is 1. The van der Waals surface area contributed by atoms with E-state index in [1.54, 1.807) is 7.11 Å². The predicted octanol–water partition coefficient (Wildman–Crippen LogP) is 2.35. The first kappa shape index (κ1) is 7.86. The van der Waals surface area contributed by atoms with Crippen LogP contribution in [0.15, 0.2) is 41.1 Å². The standard InChI is InChI=1S/C10H9NO2/c1-12-10-9(13-7-11-10)8-5-3-2-4-6-8/h2-7H,1H3. The summed E-state index contributed by atoms with van der Waals surface area (Å²) in [6.45, 7) is 0. The van der Waals surface area contributed by atoms with Crippen molar-refractivity contribution in [1.29, 1.82) is 0 Å². The molecule has 3 nitrogen and oxygen atoms in total. The van der Waals surface area contributed by atoms with E-state index in [0.29, 0.717) is 11.6 Å². The number of rotatable bonds is 2. The van der Waals surface area contributed by atoms with Gasteiger partial charge in [-0.3, -0.25) is 0 Å². The van der Waals surface area contributed by atoms with Gasteiger partial charge in [0, 0.05) is 5.56 Å².